The van der Waals surface area contributed by atoms with Gasteiger partial charge in [-0.3, -0.25) is 0 Å². The highest BCUT2D eigenvalue weighted by molar-refractivity contribution is 5.36. The fraction of sp³-hybridized carbons (Fsp3) is 0.625. The Morgan fingerprint density at radius 2 is 1.75 bits per heavy atom. The van der Waals surface area contributed by atoms with Crippen LogP contribution in [0.15, 0.2) is 18.2 Å². The van der Waals surface area contributed by atoms with Crippen LogP contribution in [0.1, 0.15) is 24.0 Å². The molecule has 0 bridgehead atoms. The Morgan fingerprint density at radius 1 is 1.00 bits per heavy atom. The minimum atomic E-state index is 0.721. The zero-order chi connectivity index (χ0) is 14.6. The molecule has 1 rings (SSSR count). The lowest BCUT2D eigenvalue weighted by Gasteiger charge is -2.13. The Bertz CT molecular complexity index is 369. The predicted molar refractivity (Wildman–Crippen MR) is 81.4 cm³/mol. The van der Waals surface area contributed by atoms with E-state index in [2.05, 4.69) is 30.4 Å². The third-order valence-electron chi connectivity index (χ3n) is 3.01. The Labute approximate surface area is 122 Å². The number of nitrogens with one attached hydrogen (secondary N) is 1. The summed E-state index contributed by atoms with van der Waals surface area (Å²) in [5.74, 6) is 0.970. The Hall–Kier alpha value is -1.10. The number of unbranched alkanes of at least 4 members (excludes halogenated alkanes) is 1. The summed E-state index contributed by atoms with van der Waals surface area (Å²) in [5, 5.41) is 3.36. The van der Waals surface area contributed by atoms with E-state index in [9.17, 15) is 0 Å². The van der Waals surface area contributed by atoms with Crippen molar-refractivity contribution in [3.8, 4) is 5.75 Å². The third kappa shape index (κ3) is 6.89. The second-order valence-corrected chi connectivity index (χ2v) is 4.83. The monoisotopic (exact) mass is 281 g/mol. The second kappa shape index (κ2) is 10.7. The second-order valence-electron chi connectivity index (χ2n) is 4.83. The molecule has 0 aliphatic heterocycles. The standard InChI is InChI=1S/C16H27NO3/c1-14-6-7-16(20-10-5-4-9-18-2)15(12-14)13-17-8-11-19-3/h6-7,12,17H,4-5,8-11,13H2,1-3H3. The Kier molecular flexibility index (Phi) is 9.04. The molecular formula is C16H27NO3. The largest absolute Gasteiger partial charge is 0.493 e. The van der Waals surface area contributed by atoms with Crippen LogP contribution in [0.2, 0.25) is 0 Å². The molecule has 20 heavy (non-hydrogen) atoms. The maximum atomic E-state index is 5.87. The molecule has 1 aromatic rings. The Morgan fingerprint density at radius 3 is 2.50 bits per heavy atom. The van der Waals surface area contributed by atoms with Crippen molar-refractivity contribution in [2.24, 2.45) is 0 Å². The van der Waals surface area contributed by atoms with Crippen molar-refractivity contribution in [2.45, 2.75) is 26.3 Å². The molecule has 1 N–H and O–H groups in total. The molecule has 0 aliphatic carbocycles. The third-order valence-corrected chi connectivity index (χ3v) is 3.01. The quantitative estimate of drug-likeness (QED) is 0.633. The molecule has 4 nitrogen and oxygen atoms in total. The van der Waals surface area contributed by atoms with Gasteiger partial charge in [0, 0.05) is 39.5 Å². The topological polar surface area (TPSA) is 39.7 Å². The van der Waals surface area contributed by atoms with E-state index in [0.29, 0.717) is 0 Å². The van der Waals surface area contributed by atoms with E-state index in [1.165, 1.54) is 11.1 Å². The fourth-order valence-electron chi connectivity index (χ4n) is 1.92. The van der Waals surface area contributed by atoms with E-state index in [0.717, 1.165) is 51.5 Å². The summed E-state index contributed by atoms with van der Waals surface area (Å²) in [6.45, 7) is 6.00. The molecule has 0 atom stereocenters. The summed E-state index contributed by atoms with van der Waals surface area (Å²) >= 11 is 0. The zero-order valence-corrected chi connectivity index (χ0v) is 12.9. The van der Waals surface area contributed by atoms with Crippen molar-refractivity contribution in [1.29, 1.82) is 0 Å². The van der Waals surface area contributed by atoms with Gasteiger partial charge in [0.15, 0.2) is 0 Å². The molecule has 0 amide bonds. The smallest absolute Gasteiger partial charge is 0.123 e. The van der Waals surface area contributed by atoms with Crippen LogP contribution in [-0.4, -0.2) is 40.6 Å². The van der Waals surface area contributed by atoms with Gasteiger partial charge in [0.05, 0.1) is 13.2 Å². The number of methoxy groups -OCH3 is 2. The van der Waals surface area contributed by atoms with E-state index in [1.54, 1.807) is 14.2 Å². The summed E-state index contributed by atoms with van der Waals surface area (Å²) in [7, 11) is 3.44. The molecule has 1 aromatic carbocycles. The summed E-state index contributed by atoms with van der Waals surface area (Å²) in [4.78, 5) is 0. The van der Waals surface area contributed by atoms with E-state index in [4.69, 9.17) is 14.2 Å². The molecule has 0 unspecified atom stereocenters. The van der Waals surface area contributed by atoms with Gasteiger partial charge in [0.2, 0.25) is 0 Å². The molecule has 114 valence electrons. The van der Waals surface area contributed by atoms with Crippen LogP contribution in [-0.2, 0) is 16.0 Å². The van der Waals surface area contributed by atoms with E-state index < -0.39 is 0 Å². The van der Waals surface area contributed by atoms with E-state index in [-0.39, 0.29) is 0 Å². The van der Waals surface area contributed by atoms with Crippen LogP contribution in [0.3, 0.4) is 0 Å². The Balaban J connectivity index is 2.42. The SMILES string of the molecule is COCCCCOc1ccc(C)cc1CNCCOC. The molecular weight excluding hydrogens is 254 g/mol. The van der Waals surface area contributed by atoms with Crippen LogP contribution >= 0.6 is 0 Å². The maximum absolute atomic E-state index is 5.87. The number of ether oxygens (including phenoxy) is 3. The van der Waals surface area contributed by atoms with Crippen molar-refractivity contribution in [3.05, 3.63) is 29.3 Å². The van der Waals surface area contributed by atoms with Gasteiger partial charge in [0.1, 0.15) is 5.75 Å². The van der Waals surface area contributed by atoms with E-state index >= 15 is 0 Å². The molecule has 0 radical (unpaired) electrons. The summed E-state index contributed by atoms with van der Waals surface area (Å²) in [6.07, 6.45) is 2.04. The molecule has 0 saturated heterocycles. The number of hydrogen-bond donors (Lipinski definition) is 1. The average molecular weight is 281 g/mol. The summed E-state index contributed by atoms with van der Waals surface area (Å²) < 4.78 is 15.9. The lowest BCUT2D eigenvalue weighted by molar-refractivity contribution is 0.184. The fourth-order valence-corrected chi connectivity index (χ4v) is 1.92. The number of hydrogen-bond acceptors (Lipinski definition) is 4. The van der Waals surface area contributed by atoms with Crippen molar-refractivity contribution >= 4 is 0 Å². The van der Waals surface area contributed by atoms with Crippen molar-refractivity contribution in [1.82, 2.24) is 5.32 Å². The predicted octanol–water partition coefficient (Wildman–Crippen LogP) is 2.54. The van der Waals surface area contributed by atoms with E-state index in [1.807, 2.05) is 0 Å². The van der Waals surface area contributed by atoms with Crippen LogP contribution in [0.4, 0.5) is 0 Å². The molecule has 0 fully saturated rings. The highest BCUT2D eigenvalue weighted by Gasteiger charge is 2.04. The number of rotatable bonds is 11. The van der Waals surface area contributed by atoms with Crippen LogP contribution < -0.4 is 10.1 Å². The highest BCUT2D eigenvalue weighted by atomic mass is 16.5. The van der Waals surface area contributed by atoms with Crippen molar-refractivity contribution < 1.29 is 14.2 Å². The van der Waals surface area contributed by atoms with Gasteiger partial charge in [-0.25, -0.2) is 0 Å². The lowest BCUT2D eigenvalue weighted by Crippen LogP contribution is -2.19. The van der Waals surface area contributed by atoms with Gasteiger partial charge < -0.3 is 19.5 Å². The number of benzene rings is 1. The molecule has 4 heteroatoms. The van der Waals surface area contributed by atoms with Gasteiger partial charge in [-0.05, 0) is 25.8 Å². The average Bonchev–Trinajstić information content (AvgIpc) is 2.45. The van der Waals surface area contributed by atoms with Crippen molar-refractivity contribution in [2.75, 3.05) is 40.6 Å². The molecule has 0 aromatic heterocycles. The first-order chi connectivity index (χ1) is 9.77. The van der Waals surface area contributed by atoms with Crippen molar-refractivity contribution in [3.63, 3.8) is 0 Å². The minimum Gasteiger partial charge on any atom is -0.493 e. The maximum Gasteiger partial charge on any atom is 0.123 e. The minimum absolute atomic E-state index is 0.721. The van der Waals surface area contributed by atoms with Gasteiger partial charge in [0.25, 0.3) is 0 Å². The van der Waals surface area contributed by atoms with Crippen LogP contribution in [0, 0.1) is 6.92 Å². The van der Waals surface area contributed by atoms with Gasteiger partial charge >= 0.3 is 0 Å². The highest BCUT2D eigenvalue weighted by Crippen LogP contribution is 2.20. The first-order valence-corrected chi connectivity index (χ1v) is 7.19. The first kappa shape index (κ1) is 17.0. The van der Waals surface area contributed by atoms with Crippen LogP contribution in [0.5, 0.6) is 5.75 Å². The normalized spacial score (nSPS) is 10.8. The van der Waals surface area contributed by atoms with Gasteiger partial charge in [-0.15, -0.1) is 0 Å². The van der Waals surface area contributed by atoms with Gasteiger partial charge in [-0.1, -0.05) is 17.7 Å². The molecule has 0 aliphatic rings. The lowest BCUT2D eigenvalue weighted by atomic mass is 10.1. The van der Waals surface area contributed by atoms with Crippen LogP contribution in [0.25, 0.3) is 0 Å². The molecule has 0 spiro atoms. The number of aryl methyl sites for hydroxylation is 1. The zero-order valence-electron chi connectivity index (χ0n) is 12.9. The van der Waals surface area contributed by atoms with Gasteiger partial charge in [-0.2, -0.15) is 0 Å². The summed E-state index contributed by atoms with van der Waals surface area (Å²) in [6, 6.07) is 6.31. The molecule has 0 heterocycles. The summed E-state index contributed by atoms with van der Waals surface area (Å²) in [5.41, 5.74) is 2.45. The molecule has 0 saturated carbocycles. The first-order valence-electron chi connectivity index (χ1n) is 7.19.